The van der Waals surface area contributed by atoms with Crippen molar-refractivity contribution in [3.63, 3.8) is 0 Å². The summed E-state index contributed by atoms with van der Waals surface area (Å²) in [5.41, 5.74) is 0.313. The summed E-state index contributed by atoms with van der Waals surface area (Å²) in [5, 5.41) is 23.7. The molecule has 1 aliphatic rings. The monoisotopic (exact) mass is 341 g/mol. The molecule has 0 bridgehead atoms. The molecule has 6 heteroatoms. The van der Waals surface area contributed by atoms with Crippen molar-refractivity contribution in [1.29, 1.82) is 0 Å². The van der Waals surface area contributed by atoms with Gasteiger partial charge in [-0.25, -0.2) is 0 Å². The van der Waals surface area contributed by atoms with Gasteiger partial charge in [0.25, 0.3) is 0 Å². The van der Waals surface area contributed by atoms with Crippen LogP contribution in [0.3, 0.4) is 0 Å². The van der Waals surface area contributed by atoms with E-state index in [0.717, 1.165) is 6.42 Å². The molecule has 0 unspecified atom stereocenters. The van der Waals surface area contributed by atoms with Gasteiger partial charge in [0.1, 0.15) is 5.75 Å². The largest absolute Gasteiger partial charge is 0.507 e. The van der Waals surface area contributed by atoms with E-state index in [9.17, 15) is 19.8 Å². The molecule has 0 amide bonds. The van der Waals surface area contributed by atoms with E-state index in [1.807, 2.05) is 6.92 Å². The molecular formula is C19H19NO5. The topological polar surface area (TPSA) is 95.9 Å². The molecule has 0 saturated carbocycles. The predicted octanol–water partition coefficient (Wildman–Crippen LogP) is 2.71. The number of carbonyl (C=O) groups excluding carboxylic acids is 2. The number of nitrogens with one attached hydrogen (secondary N) is 1. The van der Waals surface area contributed by atoms with Gasteiger partial charge in [-0.2, -0.15) is 0 Å². The normalized spacial score (nSPS) is 12.7. The Morgan fingerprint density at radius 3 is 2.28 bits per heavy atom. The Balaban J connectivity index is 1.96. The zero-order chi connectivity index (χ0) is 18.0. The summed E-state index contributed by atoms with van der Waals surface area (Å²) in [7, 11) is 0. The Labute approximate surface area is 145 Å². The number of hydrogen-bond donors (Lipinski definition) is 3. The minimum absolute atomic E-state index is 0.158. The van der Waals surface area contributed by atoms with Crippen molar-refractivity contribution in [3.05, 3.63) is 52.6 Å². The first kappa shape index (κ1) is 17.0. The number of phenolic OH excluding ortho intramolecular Hbond substituents is 2. The Hall–Kier alpha value is -2.86. The molecule has 0 heterocycles. The van der Waals surface area contributed by atoms with Gasteiger partial charge in [0.15, 0.2) is 17.3 Å². The molecular weight excluding hydrogens is 322 g/mol. The highest BCUT2D eigenvalue weighted by Crippen LogP contribution is 2.42. The summed E-state index contributed by atoms with van der Waals surface area (Å²) in [6.07, 6.45) is 0.904. The fourth-order valence-electron chi connectivity index (χ4n) is 2.90. The number of hydrogen-bond acceptors (Lipinski definition) is 6. The van der Waals surface area contributed by atoms with E-state index >= 15 is 0 Å². The third-order valence-corrected chi connectivity index (χ3v) is 4.06. The minimum atomic E-state index is -0.483. The quantitative estimate of drug-likeness (QED) is 0.362. The smallest absolute Gasteiger partial charge is 0.198 e. The van der Waals surface area contributed by atoms with Crippen LogP contribution >= 0.6 is 0 Å². The lowest BCUT2D eigenvalue weighted by molar-refractivity contribution is 0.0974. The lowest BCUT2D eigenvalue weighted by Crippen LogP contribution is -2.22. The number of benzene rings is 2. The molecule has 6 nitrogen and oxygen atoms in total. The highest BCUT2D eigenvalue weighted by atomic mass is 16.5. The van der Waals surface area contributed by atoms with Crippen molar-refractivity contribution in [2.45, 2.75) is 13.3 Å². The van der Waals surface area contributed by atoms with Crippen LogP contribution in [0.2, 0.25) is 0 Å². The van der Waals surface area contributed by atoms with Crippen LogP contribution < -0.4 is 5.32 Å². The van der Waals surface area contributed by atoms with E-state index in [-0.39, 0.29) is 39.4 Å². The van der Waals surface area contributed by atoms with Crippen LogP contribution in [0, 0.1) is 0 Å². The van der Waals surface area contributed by atoms with E-state index in [2.05, 4.69) is 5.32 Å². The van der Waals surface area contributed by atoms with Crippen molar-refractivity contribution in [2.75, 3.05) is 25.1 Å². The van der Waals surface area contributed by atoms with Crippen LogP contribution in [0.5, 0.6) is 11.5 Å². The third kappa shape index (κ3) is 2.96. The number of ketones is 2. The molecule has 1 aliphatic carbocycles. The molecule has 0 aliphatic heterocycles. The summed E-state index contributed by atoms with van der Waals surface area (Å²) < 4.78 is 5.34. The highest BCUT2D eigenvalue weighted by Gasteiger charge is 2.35. The molecule has 3 N–H and O–H groups in total. The molecule has 3 rings (SSSR count). The van der Waals surface area contributed by atoms with Crippen LogP contribution in [0.1, 0.15) is 45.2 Å². The van der Waals surface area contributed by atoms with Gasteiger partial charge >= 0.3 is 0 Å². The van der Waals surface area contributed by atoms with Crippen LogP contribution in [-0.4, -0.2) is 41.5 Å². The zero-order valence-electron chi connectivity index (χ0n) is 13.8. The van der Waals surface area contributed by atoms with Crippen molar-refractivity contribution in [3.8, 4) is 11.5 Å². The first-order valence-electron chi connectivity index (χ1n) is 8.15. The molecule has 0 spiro atoms. The lowest BCUT2D eigenvalue weighted by Gasteiger charge is -2.21. The van der Waals surface area contributed by atoms with Crippen molar-refractivity contribution in [2.24, 2.45) is 0 Å². The maximum Gasteiger partial charge on any atom is 0.198 e. The average molecular weight is 341 g/mol. The first-order valence-corrected chi connectivity index (χ1v) is 8.15. The number of ether oxygens (including phenoxy) is 1. The van der Waals surface area contributed by atoms with Gasteiger partial charge in [0.2, 0.25) is 0 Å². The number of phenols is 2. The standard InChI is InChI=1S/C19H19NO5/c1-2-8-25-9-7-20-13-10-14(21)15-16(19(13)24)18(23)12-6-4-3-5-11(12)17(15)22/h3-6,10,20-21,24H,2,7-9H2,1H3. The Morgan fingerprint density at radius 1 is 1.00 bits per heavy atom. The van der Waals surface area contributed by atoms with Gasteiger partial charge in [0.05, 0.1) is 23.4 Å². The third-order valence-electron chi connectivity index (χ3n) is 4.06. The fourth-order valence-corrected chi connectivity index (χ4v) is 2.90. The van der Waals surface area contributed by atoms with Crippen molar-refractivity contribution >= 4 is 17.3 Å². The van der Waals surface area contributed by atoms with E-state index in [4.69, 9.17) is 4.74 Å². The number of fused-ring (bicyclic) bond motifs is 2. The Morgan fingerprint density at radius 2 is 1.64 bits per heavy atom. The molecule has 0 aromatic heterocycles. The maximum absolute atomic E-state index is 12.7. The van der Waals surface area contributed by atoms with Gasteiger partial charge in [-0.3, -0.25) is 9.59 Å². The maximum atomic E-state index is 12.7. The number of aromatic hydroxyl groups is 2. The first-order chi connectivity index (χ1) is 12.1. The summed E-state index contributed by atoms with van der Waals surface area (Å²) in [4.78, 5) is 25.3. The number of anilines is 1. The fraction of sp³-hybridized carbons (Fsp3) is 0.263. The Bertz CT molecular complexity index is 844. The van der Waals surface area contributed by atoms with Crippen LogP contribution in [0.4, 0.5) is 5.69 Å². The minimum Gasteiger partial charge on any atom is -0.507 e. The van der Waals surface area contributed by atoms with Crippen LogP contribution in [-0.2, 0) is 4.74 Å². The zero-order valence-corrected chi connectivity index (χ0v) is 13.8. The van der Waals surface area contributed by atoms with Gasteiger partial charge in [-0.1, -0.05) is 31.2 Å². The summed E-state index contributed by atoms with van der Waals surface area (Å²) in [5.74, 6) is -1.63. The van der Waals surface area contributed by atoms with Gasteiger partial charge < -0.3 is 20.3 Å². The SMILES string of the molecule is CCCOCCNc1cc(O)c2c(c1O)C(=O)c1ccccc1C2=O. The molecule has 130 valence electrons. The van der Waals surface area contributed by atoms with Gasteiger partial charge in [0, 0.05) is 30.3 Å². The van der Waals surface area contributed by atoms with Crippen LogP contribution in [0.15, 0.2) is 30.3 Å². The molecule has 2 aromatic carbocycles. The molecule has 0 atom stereocenters. The number of rotatable bonds is 6. The molecule has 0 radical (unpaired) electrons. The molecule has 0 fully saturated rings. The summed E-state index contributed by atoms with van der Waals surface area (Å²) in [6.45, 7) is 3.44. The lowest BCUT2D eigenvalue weighted by atomic mass is 9.82. The van der Waals surface area contributed by atoms with Gasteiger partial charge in [-0.15, -0.1) is 0 Å². The summed E-state index contributed by atoms with van der Waals surface area (Å²) >= 11 is 0. The predicted molar refractivity (Wildman–Crippen MR) is 92.7 cm³/mol. The second kappa shape index (κ2) is 6.94. The van der Waals surface area contributed by atoms with Gasteiger partial charge in [-0.05, 0) is 6.42 Å². The van der Waals surface area contributed by atoms with E-state index in [1.165, 1.54) is 18.2 Å². The molecule has 2 aromatic rings. The highest BCUT2D eigenvalue weighted by molar-refractivity contribution is 6.30. The average Bonchev–Trinajstić information content (AvgIpc) is 2.62. The van der Waals surface area contributed by atoms with Crippen LogP contribution in [0.25, 0.3) is 0 Å². The second-order valence-electron chi connectivity index (χ2n) is 5.78. The van der Waals surface area contributed by atoms with E-state index in [1.54, 1.807) is 12.1 Å². The molecule has 0 saturated heterocycles. The molecule has 25 heavy (non-hydrogen) atoms. The second-order valence-corrected chi connectivity index (χ2v) is 5.78. The van der Waals surface area contributed by atoms with Crippen molar-refractivity contribution in [1.82, 2.24) is 0 Å². The van der Waals surface area contributed by atoms with Crippen molar-refractivity contribution < 1.29 is 24.5 Å². The number of carbonyl (C=O) groups is 2. The van der Waals surface area contributed by atoms with E-state index in [0.29, 0.717) is 19.8 Å². The summed E-state index contributed by atoms with van der Waals surface area (Å²) in [6, 6.07) is 7.63. The van der Waals surface area contributed by atoms with E-state index < -0.39 is 11.6 Å². The Kier molecular flexibility index (Phi) is 4.72.